The van der Waals surface area contributed by atoms with Crippen LogP contribution in [-0.2, 0) is 20.0 Å². The van der Waals surface area contributed by atoms with Gasteiger partial charge in [-0.25, -0.2) is 13.2 Å². The van der Waals surface area contributed by atoms with Crippen molar-refractivity contribution in [1.29, 1.82) is 0 Å². The lowest BCUT2D eigenvalue weighted by atomic mass is 9.87. The average Bonchev–Trinajstić information content (AvgIpc) is 3.18. The second-order valence-electron chi connectivity index (χ2n) is 10.1. The Labute approximate surface area is 202 Å². The van der Waals surface area contributed by atoms with Gasteiger partial charge in [-0.05, 0) is 73.3 Å². The van der Waals surface area contributed by atoms with Gasteiger partial charge in [0, 0.05) is 12.2 Å². The maximum atomic E-state index is 13.2. The van der Waals surface area contributed by atoms with Crippen LogP contribution >= 0.6 is 0 Å². The SMILES string of the molecule is COc1ccc(N2C[C@H](CN3CCC(S(=O)(=O)c4ccc(C(C)(C)C)cc4)CC3)OC2=O)cc1. The first-order chi connectivity index (χ1) is 16.1. The van der Waals surface area contributed by atoms with Crippen molar-refractivity contribution in [2.75, 3.05) is 38.2 Å². The van der Waals surface area contributed by atoms with E-state index < -0.39 is 9.84 Å². The Kier molecular flexibility index (Phi) is 6.92. The number of carbonyl (C=O) groups is 1. The van der Waals surface area contributed by atoms with Crippen molar-refractivity contribution in [3.8, 4) is 5.75 Å². The number of amides is 1. The van der Waals surface area contributed by atoms with E-state index in [1.54, 1.807) is 24.1 Å². The van der Waals surface area contributed by atoms with Crippen molar-refractivity contribution in [2.24, 2.45) is 0 Å². The maximum Gasteiger partial charge on any atom is 0.414 e. The molecule has 4 rings (SSSR count). The maximum absolute atomic E-state index is 13.2. The van der Waals surface area contributed by atoms with Gasteiger partial charge in [0.1, 0.15) is 11.9 Å². The van der Waals surface area contributed by atoms with E-state index in [0.717, 1.165) is 17.0 Å². The molecule has 0 radical (unpaired) electrons. The standard InChI is InChI=1S/C26H34N2O5S/c1-26(2,3)19-5-11-23(12-6-19)34(30,31)24-13-15-27(16-14-24)17-22-18-28(25(29)33-22)20-7-9-21(32-4)10-8-20/h5-12,22,24H,13-18H2,1-4H3/t22-/m0/s1. The fraction of sp³-hybridized carbons (Fsp3) is 0.500. The van der Waals surface area contributed by atoms with E-state index in [2.05, 4.69) is 25.7 Å². The van der Waals surface area contributed by atoms with Crippen LogP contribution in [0.5, 0.6) is 5.75 Å². The minimum atomic E-state index is -3.36. The fourth-order valence-corrected chi connectivity index (χ4v) is 6.35. The number of hydrogen-bond donors (Lipinski definition) is 0. The molecule has 0 spiro atoms. The molecule has 0 saturated carbocycles. The number of ether oxygens (including phenoxy) is 2. The summed E-state index contributed by atoms with van der Waals surface area (Å²) in [6.45, 7) is 8.76. The molecule has 0 aromatic heterocycles. The van der Waals surface area contributed by atoms with Gasteiger partial charge < -0.3 is 9.47 Å². The number of likely N-dealkylation sites (tertiary alicyclic amines) is 1. The van der Waals surface area contributed by atoms with Gasteiger partial charge in [0.2, 0.25) is 0 Å². The summed E-state index contributed by atoms with van der Waals surface area (Å²) in [6.07, 6.45) is 0.553. The van der Waals surface area contributed by atoms with E-state index in [1.165, 1.54) is 0 Å². The fourth-order valence-electron chi connectivity index (χ4n) is 4.62. The molecule has 1 amide bonds. The van der Waals surface area contributed by atoms with Gasteiger partial charge >= 0.3 is 6.09 Å². The highest BCUT2D eigenvalue weighted by molar-refractivity contribution is 7.92. The highest BCUT2D eigenvalue weighted by atomic mass is 32.2. The van der Waals surface area contributed by atoms with E-state index in [4.69, 9.17) is 9.47 Å². The summed E-state index contributed by atoms with van der Waals surface area (Å²) in [5, 5.41) is -0.383. The van der Waals surface area contributed by atoms with Crippen LogP contribution in [0.15, 0.2) is 53.4 Å². The first kappa shape index (κ1) is 24.5. The van der Waals surface area contributed by atoms with Gasteiger partial charge in [-0.15, -0.1) is 0 Å². The second-order valence-corrected chi connectivity index (χ2v) is 12.4. The van der Waals surface area contributed by atoms with E-state index >= 15 is 0 Å². The van der Waals surface area contributed by atoms with E-state index in [0.29, 0.717) is 43.9 Å². The predicted molar refractivity (Wildman–Crippen MR) is 132 cm³/mol. The number of piperidine rings is 1. The van der Waals surface area contributed by atoms with Crippen molar-refractivity contribution in [1.82, 2.24) is 4.90 Å². The van der Waals surface area contributed by atoms with Crippen molar-refractivity contribution >= 4 is 21.6 Å². The molecule has 2 aromatic carbocycles. The lowest BCUT2D eigenvalue weighted by Crippen LogP contribution is -2.43. The van der Waals surface area contributed by atoms with Crippen molar-refractivity contribution in [3.63, 3.8) is 0 Å². The monoisotopic (exact) mass is 486 g/mol. The first-order valence-corrected chi connectivity index (χ1v) is 13.3. The molecule has 2 aromatic rings. The Morgan fingerprint density at radius 3 is 2.18 bits per heavy atom. The molecule has 2 aliphatic heterocycles. The Bertz CT molecular complexity index is 1100. The molecule has 2 saturated heterocycles. The van der Waals surface area contributed by atoms with Crippen molar-refractivity contribution in [3.05, 3.63) is 54.1 Å². The zero-order valence-electron chi connectivity index (χ0n) is 20.4. The topological polar surface area (TPSA) is 76.2 Å². The third-order valence-electron chi connectivity index (χ3n) is 6.74. The number of rotatable bonds is 6. The third-order valence-corrected chi connectivity index (χ3v) is 9.02. The van der Waals surface area contributed by atoms with Crippen LogP contribution in [0.4, 0.5) is 10.5 Å². The van der Waals surface area contributed by atoms with Crippen LogP contribution in [0.2, 0.25) is 0 Å². The Morgan fingerprint density at radius 1 is 1.00 bits per heavy atom. The molecule has 34 heavy (non-hydrogen) atoms. The van der Waals surface area contributed by atoms with E-state index in [9.17, 15) is 13.2 Å². The van der Waals surface area contributed by atoms with Gasteiger partial charge in [-0.2, -0.15) is 0 Å². The summed E-state index contributed by atoms with van der Waals surface area (Å²) in [6, 6.07) is 14.6. The molecule has 0 N–H and O–H groups in total. The molecule has 184 valence electrons. The quantitative estimate of drug-likeness (QED) is 0.607. The van der Waals surface area contributed by atoms with Crippen molar-refractivity contribution in [2.45, 2.75) is 55.3 Å². The number of nitrogens with zero attached hydrogens (tertiary/aromatic N) is 2. The molecule has 0 bridgehead atoms. The molecule has 8 heteroatoms. The highest BCUT2D eigenvalue weighted by Crippen LogP contribution is 2.29. The summed E-state index contributed by atoms with van der Waals surface area (Å²) in [5.41, 5.74) is 1.88. The normalized spacial score (nSPS) is 20.4. The molecule has 0 aliphatic carbocycles. The van der Waals surface area contributed by atoms with E-state index in [1.807, 2.05) is 36.4 Å². The van der Waals surface area contributed by atoms with Crippen LogP contribution in [0.25, 0.3) is 0 Å². The van der Waals surface area contributed by atoms with Crippen molar-refractivity contribution < 1.29 is 22.7 Å². The van der Waals surface area contributed by atoms with Gasteiger partial charge in [0.05, 0.1) is 23.8 Å². The van der Waals surface area contributed by atoms with Crippen LogP contribution in [0.3, 0.4) is 0 Å². The number of benzene rings is 2. The largest absolute Gasteiger partial charge is 0.497 e. The summed E-state index contributed by atoms with van der Waals surface area (Å²) in [5.74, 6) is 0.732. The predicted octanol–water partition coefficient (Wildman–Crippen LogP) is 4.26. The number of hydrogen-bond acceptors (Lipinski definition) is 6. The lowest BCUT2D eigenvalue weighted by Gasteiger charge is -2.32. The molecule has 0 unspecified atom stereocenters. The molecule has 1 atom stereocenters. The van der Waals surface area contributed by atoms with Crippen LogP contribution < -0.4 is 9.64 Å². The van der Waals surface area contributed by atoms with Crippen LogP contribution in [0.1, 0.15) is 39.2 Å². The zero-order chi connectivity index (χ0) is 24.5. The van der Waals surface area contributed by atoms with Gasteiger partial charge in [0.15, 0.2) is 9.84 Å². The van der Waals surface area contributed by atoms with Gasteiger partial charge in [-0.1, -0.05) is 32.9 Å². The second kappa shape index (κ2) is 9.58. The number of methoxy groups -OCH3 is 1. The summed E-state index contributed by atoms with van der Waals surface area (Å²) >= 11 is 0. The highest BCUT2D eigenvalue weighted by Gasteiger charge is 2.36. The average molecular weight is 487 g/mol. The Hall–Kier alpha value is -2.58. The lowest BCUT2D eigenvalue weighted by molar-refractivity contribution is 0.101. The first-order valence-electron chi connectivity index (χ1n) is 11.8. The molecular formula is C26H34N2O5S. The van der Waals surface area contributed by atoms with Gasteiger partial charge in [-0.3, -0.25) is 9.80 Å². The minimum absolute atomic E-state index is 0.0136. The van der Waals surface area contributed by atoms with Gasteiger partial charge in [0.25, 0.3) is 0 Å². The molecule has 2 fully saturated rings. The summed E-state index contributed by atoms with van der Waals surface area (Å²) in [4.78, 5) is 16.6. The molecular weight excluding hydrogens is 452 g/mol. The van der Waals surface area contributed by atoms with E-state index in [-0.39, 0.29) is 22.9 Å². The number of cyclic esters (lactones) is 1. The molecule has 2 heterocycles. The summed E-state index contributed by atoms with van der Waals surface area (Å²) < 4.78 is 37.1. The van der Waals surface area contributed by atoms with Crippen LogP contribution in [0, 0.1) is 0 Å². The van der Waals surface area contributed by atoms with Crippen LogP contribution in [-0.4, -0.2) is 64.1 Å². The zero-order valence-corrected chi connectivity index (χ0v) is 21.2. The number of anilines is 1. The Morgan fingerprint density at radius 2 is 1.62 bits per heavy atom. The molecule has 7 nitrogen and oxygen atoms in total. The molecule has 2 aliphatic rings. The number of sulfone groups is 1. The summed E-state index contributed by atoms with van der Waals surface area (Å²) in [7, 11) is -1.76. The minimum Gasteiger partial charge on any atom is -0.497 e. The smallest absolute Gasteiger partial charge is 0.414 e. The Balaban J connectivity index is 1.32. The third kappa shape index (κ3) is 5.23. The number of carbonyl (C=O) groups excluding carboxylic acids is 1.